The first-order valence-corrected chi connectivity index (χ1v) is 16.1. The maximum Gasteiger partial charge on any atom is 0.164 e. The van der Waals surface area contributed by atoms with Gasteiger partial charge in [-0.2, -0.15) is 0 Å². The molecular weight excluding hydrogens is 599 g/mol. The van der Waals surface area contributed by atoms with Gasteiger partial charge in [0.15, 0.2) is 17.5 Å². The summed E-state index contributed by atoms with van der Waals surface area (Å²) >= 11 is 0. The van der Waals surface area contributed by atoms with Crippen LogP contribution in [0.15, 0.2) is 193 Å². The van der Waals surface area contributed by atoms with E-state index in [-0.39, 0.29) is 0 Å². The maximum atomic E-state index is 6.00. The van der Waals surface area contributed by atoms with E-state index in [1.165, 1.54) is 0 Å². The molecule has 0 aliphatic rings. The smallest absolute Gasteiger partial charge is 0.164 e. The van der Waals surface area contributed by atoms with E-state index in [9.17, 15) is 0 Å². The molecule has 7 rings (SSSR count). The minimum absolute atomic E-state index is 0.581. The van der Waals surface area contributed by atoms with Gasteiger partial charge in [0.1, 0.15) is 5.58 Å². The molecule has 2 heterocycles. The lowest BCUT2D eigenvalue weighted by molar-refractivity contribution is 0.615. The highest BCUT2D eigenvalue weighted by molar-refractivity contribution is 5.99. The Hall–Kier alpha value is -6.65. The van der Waals surface area contributed by atoms with Gasteiger partial charge < -0.3 is 4.42 Å². The Labute approximate surface area is 286 Å². The van der Waals surface area contributed by atoms with Crippen molar-refractivity contribution in [1.82, 2.24) is 15.0 Å². The van der Waals surface area contributed by atoms with Gasteiger partial charge in [0, 0.05) is 27.6 Å². The first-order valence-electron chi connectivity index (χ1n) is 16.1. The second-order valence-corrected chi connectivity index (χ2v) is 11.4. The Balaban J connectivity index is 1.20. The standard InChI is InChI=1S/C45H33N3O/c1-33(34-20-11-6-12-21-34)19-9-4-2-3-5-10-26-39-32-49-41-30-18-29-40(42(39)41)45-47-43(36-24-15-8-16-25-36)46-44(48-45)38-28-17-27-37(31-38)35-22-13-7-14-23-35/h2-32H,1H2/b4-2+,5-3+,19-9+,26-10+. The highest BCUT2D eigenvalue weighted by atomic mass is 16.3. The molecule has 0 unspecified atom stereocenters. The summed E-state index contributed by atoms with van der Waals surface area (Å²) < 4.78 is 6.00. The van der Waals surface area contributed by atoms with E-state index >= 15 is 0 Å². The Bertz CT molecular complexity index is 2330. The van der Waals surface area contributed by atoms with Crippen LogP contribution in [0.1, 0.15) is 11.1 Å². The molecule has 49 heavy (non-hydrogen) atoms. The zero-order chi connectivity index (χ0) is 33.3. The van der Waals surface area contributed by atoms with Crippen LogP contribution in [-0.2, 0) is 0 Å². The third-order valence-corrected chi connectivity index (χ3v) is 8.04. The quantitative estimate of drug-likeness (QED) is 0.141. The fourth-order valence-corrected chi connectivity index (χ4v) is 5.57. The van der Waals surface area contributed by atoms with E-state index < -0.39 is 0 Å². The fourth-order valence-electron chi connectivity index (χ4n) is 5.57. The fraction of sp³-hybridized carbons (Fsp3) is 0. The van der Waals surface area contributed by atoms with Gasteiger partial charge in [-0.3, -0.25) is 0 Å². The van der Waals surface area contributed by atoms with Crippen molar-refractivity contribution in [2.75, 3.05) is 0 Å². The van der Waals surface area contributed by atoms with Gasteiger partial charge >= 0.3 is 0 Å². The van der Waals surface area contributed by atoms with Crippen LogP contribution in [0.4, 0.5) is 0 Å². The Morgan fingerprint density at radius 2 is 1.08 bits per heavy atom. The summed E-state index contributed by atoms with van der Waals surface area (Å²) in [5.74, 6) is 1.80. The van der Waals surface area contributed by atoms with Crippen molar-refractivity contribution in [3.8, 4) is 45.3 Å². The van der Waals surface area contributed by atoms with Crippen molar-refractivity contribution >= 4 is 22.6 Å². The summed E-state index contributed by atoms with van der Waals surface area (Å²) in [5.41, 5.74) is 8.73. The number of furan rings is 1. The molecule has 2 aromatic heterocycles. The van der Waals surface area contributed by atoms with Crippen LogP contribution >= 0.6 is 0 Å². The van der Waals surface area contributed by atoms with Crippen LogP contribution in [-0.4, -0.2) is 15.0 Å². The van der Waals surface area contributed by atoms with Crippen LogP contribution in [0, 0.1) is 0 Å². The van der Waals surface area contributed by atoms with Crippen molar-refractivity contribution in [3.63, 3.8) is 0 Å². The van der Waals surface area contributed by atoms with Gasteiger partial charge in [-0.25, -0.2) is 15.0 Å². The number of hydrogen-bond acceptors (Lipinski definition) is 4. The lowest BCUT2D eigenvalue weighted by Crippen LogP contribution is -2.00. The van der Waals surface area contributed by atoms with Gasteiger partial charge in [-0.1, -0.05) is 177 Å². The largest absolute Gasteiger partial charge is 0.464 e. The topological polar surface area (TPSA) is 51.8 Å². The molecule has 0 amide bonds. The zero-order valence-corrected chi connectivity index (χ0v) is 26.9. The second kappa shape index (κ2) is 14.8. The number of benzene rings is 5. The van der Waals surface area contributed by atoms with Crippen molar-refractivity contribution in [1.29, 1.82) is 0 Å². The molecule has 0 radical (unpaired) electrons. The molecule has 0 spiro atoms. The van der Waals surface area contributed by atoms with E-state index in [0.29, 0.717) is 17.5 Å². The maximum absolute atomic E-state index is 6.00. The van der Waals surface area contributed by atoms with Crippen LogP contribution in [0.25, 0.3) is 67.9 Å². The van der Waals surface area contributed by atoms with Crippen molar-refractivity contribution < 1.29 is 4.42 Å². The molecule has 5 aromatic carbocycles. The summed E-state index contributed by atoms with van der Waals surface area (Å²) in [6, 6.07) is 44.8. The molecule has 4 heteroatoms. The summed E-state index contributed by atoms with van der Waals surface area (Å²) in [6.07, 6.45) is 17.8. The number of fused-ring (bicyclic) bond motifs is 1. The molecule has 0 bridgehead atoms. The average Bonchev–Trinajstić information content (AvgIpc) is 3.60. The summed E-state index contributed by atoms with van der Waals surface area (Å²) in [4.78, 5) is 15.0. The SMILES string of the molecule is C=C(/C=C/C=C/C=C/C=C/c1coc2cccc(-c3nc(-c4ccccc4)nc(-c4cccc(-c5ccccc5)c4)n3)c12)c1ccccc1. The summed E-state index contributed by atoms with van der Waals surface area (Å²) in [6.45, 7) is 4.14. The third kappa shape index (κ3) is 7.35. The Morgan fingerprint density at radius 1 is 0.510 bits per heavy atom. The number of allylic oxidation sites excluding steroid dienone is 8. The van der Waals surface area contributed by atoms with E-state index in [2.05, 4.69) is 43.0 Å². The van der Waals surface area contributed by atoms with E-state index in [1.807, 2.05) is 146 Å². The minimum Gasteiger partial charge on any atom is -0.464 e. The zero-order valence-electron chi connectivity index (χ0n) is 26.9. The Kier molecular flexibility index (Phi) is 9.38. The predicted molar refractivity (Wildman–Crippen MR) is 203 cm³/mol. The number of hydrogen-bond donors (Lipinski definition) is 0. The molecule has 7 aromatic rings. The van der Waals surface area contributed by atoms with Crippen LogP contribution < -0.4 is 0 Å². The van der Waals surface area contributed by atoms with E-state index in [4.69, 9.17) is 19.4 Å². The van der Waals surface area contributed by atoms with Gasteiger partial charge in [-0.05, 0) is 34.4 Å². The van der Waals surface area contributed by atoms with Crippen molar-refractivity contribution in [2.24, 2.45) is 0 Å². The van der Waals surface area contributed by atoms with Gasteiger partial charge in [-0.15, -0.1) is 0 Å². The van der Waals surface area contributed by atoms with Gasteiger partial charge in [0.25, 0.3) is 0 Å². The number of nitrogens with zero attached hydrogens (tertiary/aromatic N) is 3. The molecule has 0 fully saturated rings. The molecular formula is C45H33N3O. The molecule has 234 valence electrons. The highest BCUT2D eigenvalue weighted by Crippen LogP contribution is 2.34. The highest BCUT2D eigenvalue weighted by Gasteiger charge is 2.17. The molecule has 0 saturated carbocycles. The van der Waals surface area contributed by atoms with Crippen molar-refractivity contribution in [3.05, 3.63) is 200 Å². The second-order valence-electron chi connectivity index (χ2n) is 11.4. The Morgan fingerprint density at radius 3 is 1.84 bits per heavy atom. The van der Waals surface area contributed by atoms with Crippen LogP contribution in [0.2, 0.25) is 0 Å². The van der Waals surface area contributed by atoms with Gasteiger partial charge in [0.2, 0.25) is 0 Å². The summed E-state index contributed by atoms with van der Waals surface area (Å²) in [5, 5.41) is 0.944. The van der Waals surface area contributed by atoms with Crippen molar-refractivity contribution in [2.45, 2.75) is 0 Å². The monoisotopic (exact) mass is 631 g/mol. The molecule has 0 atom stereocenters. The van der Waals surface area contributed by atoms with Gasteiger partial charge in [0.05, 0.1) is 6.26 Å². The number of rotatable bonds is 10. The lowest BCUT2D eigenvalue weighted by Gasteiger charge is -2.10. The summed E-state index contributed by atoms with van der Waals surface area (Å²) in [7, 11) is 0. The van der Waals surface area contributed by atoms with Crippen LogP contribution in [0.5, 0.6) is 0 Å². The first kappa shape index (κ1) is 31.0. The van der Waals surface area contributed by atoms with E-state index in [1.54, 1.807) is 6.26 Å². The molecule has 0 saturated heterocycles. The number of aromatic nitrogens is 3. The molecule has 0 aliphatic heterocycles. The van der Waals surface area contributed by atoms with Crippen LogP contribution in [0.3, 0.4) is 0 Å². The predicted octanol–water partition coefficient (Wildman–Crippen LogP) is 11.7. The molecule has 0 N–H and O–H groups in total. The molecule has 4 nitrogen and oxygen atoms in total. The third-order valence-electron chi connectivity index (χ3n) is 8.04. The van der Waals surface area contributed by atoms with E-state index in [0.717, 1.165) is 55.5 Å². The normalized spacial score (nSPS) is 11.8. The average molecular weight is 632 g/mol. The minimum atomic E-state index is 0.581. The lowest BCUT2D eigenvalue weighted by atomic mass is 10.0. The molecule has 0 aliphatic carbocycles. The first-order chi connectivity index (χ1) is 24.2.